The first-order valence-corrected chi connectivity index (χ1v) is 6.71. The maximum Gasteiger partial charge on any atom is 0.0860 e. The Balaban J connectivity index is 2.05. The average molecular weight is 342 g/mol. The Morgan fingerprint density at radius 2 is 2.06 bits per heavy atom. The Bertz CT molecular complexity index is 478. The highest BCUT2D eigenvalue weighted by Crippen LogP contribution is 2.18. The van der Waals surface area contributed by atoms with Crippen LogP contribution >= 0.6 is 22.6 Å². The Labute approximate surface area is 115 Å². The predicted molar refractivity (Wildman–Crippen MR) is 75.7 cm³/mol. The van der Waals surface area contributed by atoms with Crippen molar-refractivity contribution in [3.05, 3.63) is 51.4 Å². The van der Waals surface area contributed by atoms with Crippen LogP contribution in [0.5, 0.6) is 0 Å². The molecule has 1 N–H and O–H groups in total. The normalized spacial score (nSPS) is 12.6. The zero-order valence-corrected chi connectivity index (χ0v) is 11.8. The third-order valence-electron chi connectivity index (χ3n) is 2.70. The third kappa shape index (κ3) is 3.29. The summed E-state index contributed by atoms with van der Waals surface area (Å²) in [6.45, 7) is 2.86. The van der Waals surface area contributed by atoms with Gasteiger partial charge in [-0.2, -0.15) is 5.10 Å². The van der Waals surface area contributed by atoms with E-state index in [1.54, 1.807) is 6.20 Å². The van der Waals surface area contributed by atoms with E-state index in [-0.39, 0.29) is 0 Å². The Morgan fingerprint density at radius 3 is 2.65 bits per heavy atom. The van der Waals surface area contributed by atoms with E-state index < -0.39 is 6.10 Å². The van der Waals surface area contributed by atoms with Crippen molar-refractivity contribution in [1.82, 2.24) is 9.78 Å². The summed E-state index contributed by atoms with van der Waals surface area (Å²) in [7, 11) is 0. The van der Waals surface area contributed by atoms with Gasteiger partial charge < -0.3 is 5.11 Å². The van der Waals surface area contributed by atoms with E-state index in [0.717, 1.165) is 17.7 Å². The van der Waals surface area contributed by atoms with Gasteiger partial charge in [-0.15, -0.1) is 0 Å². The van der Waals surface area contributed by atoms with Crippen molar-refractivity contribution in [2.24, 2.45) is 0 Å². The second-order valence-corrected chi connectivity index (χ2v) is 5.22. The molecular formula is C13H15IN2O. The fraction of sp³-hybridized carbons (Fsp3) is 0.308. The van der Waals surface area contributed by atoms with Crippen molar-refractivity contribution in [1.29, 1.82) is 0 Å². The average Bonchev–Trinajstić information content (AvgIpc) is 2.81. The van der Waals surface area contributed by atoms with Crippen molar-refractivity contribution < 1.29 is 5.11 Å². The number of halogens is 1. The molecule has 0 spiro atoms. The molecule has 0 bridgehead atoms. The van der Waals surface area contributed by atoms with Crippen molar-refractivity contribution >= 4 is 22.6 Å². The second-order valence-electron chi connectivity index (χ2n) is 3.98. The van der Waals surface area contributed by atoms with Gasteiger partial charge in [0.15, 0.2) is 0 Å². The van der Waals surface area contributed by atoms with Gasteiger partial charge in [0, 0.05) is 28.3 Å². The first kappa shape index (κ1) is 12.6. The molecule has 1 atom stereocenters. The van der Waals surface area contributed by atoms with Gasteiger partial charge in [0.2, 0.25) is 0 Å². The molecule has 3 nitrogen and oxygen atoms in total. The largest absolute Gasteiger partial charge is 0.388 e. The van der Waals surface area contributed by atoms with Crippen LogP contribution in [0.25, 0.3) is 0 Å². The van der Waals surface area contributed by atoms with Crippen LogP contribution in [-0.4, -0.2) is 14.9 Å². The topological polar surface area (TPSA) is 38.0 Å². The number of rotatable bonds is 4. The number of hydrogen-bond acceptors (Lipinski definition) is 2. The first-order chi connectivity index (χ1) is 8.19. The lowest BCUT2D eigenvalue weighted by Gasteiger charge is -2.08. The third-order valence-corrected chi connectivity index (χ3v) is 3.42. The first-order valence-electron chi connectivity index (χ1n) is 5.64. The van der Waals surface area contributed by atoms with Crippen LogP contribution in [0.1, 0.15) is 24.2 Å². The highest BCUT2D eigenvalue weighted by molar-refractivity contribution is 14.1. The second kappa shape index (κ2) is 5.64. The number of benzene rings is 1. The number of hydrogen-bond donors (Lipinski definition) is 1. The quantitative estimate of drug-likeness (QED) is 0.868. The fourth-order valence-corrected chi connectivity index (χ4v) is 2.05. The highest BCUT2D eigenvalue weighted by Gasteiger charge is 2.10. The van der Waals surface area contributed by atoms with Gasteiger partial charge in [-0.05, 0) is 47.2 Å². The molecule has 0 radical (unpaired) electrons. The van der Waals surface area contributed by atoms with Gasteiger partial charge >= 0.3 is 0 Å². The number of aryl methyl sites for hydroxylation is 1. The Morgan fingerprint density at radius 1 is 1.35 bits per heavy atom. The molecule has 0 saturated carbocycles. The molecule has 2 aromatic rings. The summed E-state index contributed by atoms with van der Waals surface area (Å²) in [6.07, 6.45) is 3.79. The zero-order valence-electron chi connectivity index (χ0n) is 9.68. The van der Waals surface area contributed by atoms with Crippen molar-refractivity contribution in [3.63, 3.8) is 0 Å². The maximum absolute atomic E-state index is 10.1. The molecule has 1 unspecified atom stereocenters. The van der Waals surface area contributed by atoms with Crippen LogP contribution in [0.15, 0.2) is 36.7 Å². The van der Waals surface area contributed by atoms with Gasteiger partial charge in [-0.25, -0.2) is 0 Å². The van der Waals surface area contributed by atoms with Crippen LogP contribution < -0.4 is 0 Å². The lowest BCUT2D eigenvalue weighted by atomic mass is 10.0. The van der Waals surface area contributed by atoms with E-state index in [1.807, 2.05) is 17.8 Å². The van der Waals surface area contributed by atoms with Gasteiger partial charge in [0.1, 0.15) is 0 Å². The minimum atomic E-state index is -0.477. The van der Waals surface area contributed by atoms with Gasteiger partial charge in [-0.3, -0.25) is 4.68 Å². The Kier molecular flexibility index (Phi) is 4.17. The van der Waals surface area contributed by atoms with E-state index in [9.17, 15) is 5.11 Å². The van der Waals surface area contributed by atoms with Crippen molar-refractivity contribution in [2.45, 2.75) is 26.0 Å². The molecule has 0 aliphatic heterocycles. The molecule has 0 aliphatic carbocycles. The number of nitrogens with zero attached hydrogens (tertiary/aromatic N) is 2. The SMILES string of the molecule is CCn1cc(C(O)Cc2ccc(I)cc2)cn1. The van der Waals surface area contributed by atoms with Crippen LogP contribution in [0.4, 0.5) is 0 Å². The summed E-state index contributed by atoms with van der Waals surface area (Å²) in [4.78, 5) is 0. The molecule has 0 amide bonds. The number of aliphatic hydroxyl groups is 1. The summed E-state index contributed by atoms with van der Waals surface area (Å²) >= 11 is 2.27. The summed E-state index contributed by atoms with van der Waals surface area (Å²) < 4.78 is 3.03. The highest BCUT2D eigenvalue weighted by atomic mass is 127. The summed E-state index contributed by atoms with van der Waals surface area (Å²) in [5.74, 6) is 0. The summed E-state index contributed by atoms with van der Waals surface area (Å²) in [6, 6.07) is 8.21. The van der Waals surface area contributed by atoms with Crippen molar-refractivity contribution in [3.8, 4) is 0 Å². The molecule has 17 heavy (non-hydrogen) atoms. The smallest absolute Gasteiger partial charge is 0.0860 e. The summed E-state index contributed by atoms with van der Waals surface area (Å²) in [5, 5.41) is 14.3. The van der Waals surface area contributed by atoms with Crippen molar-refractivity contribution in [2.75, 3.05) is 0 Å². The molecule has 4 heteroatoms. The maximum atomic E-state index is 10.1. The lowest BCUT2D eigenvalue weighted by molar-refractivity contribution is 0.178. The molecular weight excluding hydrogens is 327 g/mol. The van der Waals surface area contributed by atoms with Crippen LogP contribution in [0, 0.1) is 3.57 Å². The number of aromatic nitrogens is 2. The van der Waals surface area contributed by atoms with E-state index in [2.05, 4.69) is 52.0 Å². The Hall–Kier alpha value is -0.880. The van der Waals surface area contributed by atoms with Gasteiger partial charge in [0.25, 0.3) is 0 Å². The van der Waals surface area contributed by atoms with Gasteiger partial charge in [0.05, 0.1) is 12.3 Å². The molecule has 0 saturated heterocycles. The summed E-state index contributed by atoms with van der Waals surface area (Å²) in [5.41, 5.74) is 2.02. The molecule has 1 aromatic heterocycles. The van der Waals surface area contributed by atoms with Crippen LogP contribution in [0.2, 0.25) is 0 Å². The standard InChI is InChI=1S/C13H15IN2O/c1-2-16-9-11(8-15-16)13(17)7-10-3-5-12(14)6-4-10/h3-6,8-9,13,17H,2,7H2,1H3. The fourth-order valence-electron chi connectivity index (χ4n) is 1.69. The van der Waals surface area contributed by atoms with Gasteiger partial charge in [-0.1, -0.05) is 12.1 Å². The zero-order chi connectivity index (χ0) is 12.3. The van der Waals surface area contributed by atoms with E-state index in [4.69, 9.17) is 0 Å². The molecule has 0 fully saturated rings. The number of aliphatic hydroxyl groups excluding tert-OH is 1. The molecule has 2 rings (SSSR count). The van der Waals surface area contributed by atoms with Crippen LogP contribution in [0.3, 0.4) is 0 Å². The monoisotopic (exact) mass is 342 g/mol. The molecule has 90 valence electrons. The van der Waals surface area contributed by atoms with Crippen LogP contribution in [-0.2, 0) is 13.0 Å². The van der Waals surface area contributed by atoms with E-state index in [0.29, 0.717) is 6.42 Å². The molecule has 1 heterocycles. The van der Waals surface area contributed by atoms with E-state index in [1.165, 1.54) is 3.57 Å². The predicted octanol–water partition coefficient (Wildman–Crippen LogP) is 2.78. The molecule has 1 aromatic carbocycles. The lowest BCUT2D eigenvalue weighted by Crippen LogP contribution is -2.01. The molecule has 0 aliphatic rings. The van der Waals surface area contributed by atoms with E-state index >= 15 is 0 Å². The minimum Gasteiger partial charge on any atom is -0.388 e. The minimum absolute atomic E-state index is 0.477.